The summed E-state index contributed by atoms with van der Waals surface area (Å²) in [7, 11) is 0. The van der Waals surface area contributed by atoms with Crippen LogP contribution in [0.3, 0.4) is 0 Å². The zero-order valence-electron chi connectivity index (χ0n) is 18.0. The van der Waals surface area contributed by atoms with E-state index in [0.29, 0.717) is 11.4 Å². The van der Waals surface area contributed by atoms with Gasteiger partial charge < -0.3 is 21.1 Å². The average molecular weight is 489 g/mol. The molecule has 0 unspecified atom stereocenters. The number of anilines is 3. The maximum absolute atomic E-state index is 14.5. The molecule has 1 heterocycles. The number of nitrogens with two attached hydrogens (primary N) is 1. The van der Waals surface area contributed by atoms with Gasteiger partial charge in [-0.1, -0.05) is 0 Å². The maximum atomic E-state index is 14.5. The lowest BCUT2D eigenvalue weighted by atomic mass is 9.97. The molecule has 1 fully saturated rings. The van der Waals surface area contributed by atoms with Gasteiger partial charge in [0.05, 0.1) is 5.69 Å². The number of nitrogen functional groups attached to an aromatic ring is 1. The maximum Gasteiger partial charge on any atom is 0.225 e. The summed E-state index contributed by atoms with van der Waals surface area (Å²) in [6, 6.07) is 12.7. The summed E-state index contributed by atoms with van der Waals surface area (Å²) >= 11 is 0. The Kier molecular flexibility index (Phi) is 7.68. The van der Waals surface area contributed by atoms with E-state index < -0.39 is 17.0 Å². The van der Waals surface area contributed by atoms with Crippen molar-refractivity contribution in [1.29, 1.82) is 0 Å². The van der Waals surface area contributed by atoms with E-state index in [0.717, 1.165) is 18.9 Å². The molecule has 0 saturated heterocycles. The number of hydrogen-bond donors (Lipinski definition) is 3. The zero-order chi connectivity index (χ0) is 23.4. The number of carbonyl (C=O) groups is 2. The molecule has 0 atom stereocenters. The molecule has 0 aliphatic heterocycles. The molecular weight excluding hydrogens is 466 g/mol. The molecule has 3 aromatic rings. The van der Waals surface area contributed by atoms with Gasteiger partial charge in [0.1, 0.15) is 29.0 Å². The van der Waals surface area contributed by atoms with Crippen LogP contribution in [0.15, 0.2) is 60.8 Å². The Labute approximate surface area is 201 Å². The van der Waals surface area contributed by atoms with Gasteiger partial charge >= 0.3 is 0 Å². The van der Waals surface area contributed by atoms with E-state index in [4.69, 9.17) is 10.5 Å². The Morgan fingerprint density at radius 1 is 0.941 bits per heavy atom. The van der Waals surface area contributed by atoms with Crippen molar-refractivity contribution in [2.24, 2.45) is 5.41 Å². The number of halogens is 3. The van der Waals surface area contributed by atoms with Crippen molar-refractivity contribution in [3.05, 3.63) is 72.4 Å². The van der Waals surface area contributed by atoms with E-state index in [1.165, 1.54) is 48.7 Å². The number of nitrogens with one attached hydrogen (secondary N) is 2. The second kappa shape index (κ2) is 10.5. The smallest absolute Gasteiger partial charge is 0.225 e. The van der Waals surface area contributed by atoms with Crippen molar-refractivity contribution in [3.8, 4) is 11.5 Å². The van der Waals surface area contributed by atoms with E-state index in [9.17, 15) is 18.4 Å². The Hall–Kier alpha value is -3.72. The topological polar surface area (TPSA) is 106 Å². The van der Waals surface area contributed by atoms with E-state index in [1.807, 2.05) is 0 Å². The van der Waals surface area contributed by atoms with Gasteiger partial charge in [0.25, 0.3) is 0 Å². The van der Waals surface area contributed by atoms with E-state index in [2.05, 4.69) is 15.6 Å². The predicted molar refractivity (Wildman–Crippen MR) is 127 cm³/mol. The number of aromatic nitrogens is 1. The Morgan fingerprint density at radius 3 is 2.21 bits per heavy atom. The first-order chi connectivity index (χ1) is 15.8. The summed E-state index contributed by atoms with van der Waals surface area (Å²) in [6.07, 6.45) is 3.17. The molecule has 2 amide bonds. The molecule has 1 aliphatic carbocycles. The van der Waals surface area contributed by atoms with Crippen LogP contribution in [0.5, 0.6) is 11.5 Å². The summed E-state index contributed by atoms with van der Waals surface area (Å²) in [4.78, 5) is 28.7. The number of hydrogen-bond acceptors (Lipinski definition) is 5. The van der Waals surface area contributed by atoms with Crippen LogP contribution >= 0.6 is 12.4 Å². The predicted octanol–water partition coefficient (Wildman–Crippen LogP) is 5.29. The van der Waals surface area contributed by atoms with Crippen LogP contribution in [0, 0.1) is 17.0 Å². The monoisotopic (exact) mass is 488 g/mol. The number of benzene rings is 2. The van der Waals surface area contributed by atoms with Gasteiger partial charge in [0, 0.05) is 36.9 Å². The van der Waals surface area contributed by atoms with Crippen LogP contribution in [0.25, 0.3) is 0 Å². The lowest BCUT2D eigenvalue weighted by molar-refractivity contribution is -0.119. The van der Waals surface area contributed by atoms with Crippen molar-refractivity contribution in [2.45, 2.75) is 25.7 Å². The van der Waals surface area contributed by atoms with Gasteiger partial charge in [0.2, 0.25) is 11.8 Å². The lowest BCUT2D eigenvalue weighted by Crippen LogP contribution is -2.23. The Bertz CT molecular complexity index is 1190. The summed E-state index contributed by atoms with van der Waals surface area (Å²) in [5.41, 5.74) is 5.66. The first-order valence-corrected chi connectivity index (χ1v) is 10.3. The molecule has 1 aromatic heterocycles. The zero-order valence-corrected chi connectivity index (χ0v) is 18.8. The minimum absolute atomic E-state index is 0. The molecule has 10 heteroatoms. The van der Waals surface area contributed by atoms with Crippen LogP contribution in [0.1, 0.15) is 25.7 Å². The quantitative estimate of drug-likeness (QED) is 0.399. The summed E-state index contributed by atoms with van der Waals surface area (Å²) in [6.45, 7) is 0. The molecule has 7 nitrogen and oxygen atoms in total. The van der Waals surface area contributed by atoms with Crippen molar-refractivity contribution in [3.63, 3.8) is 0 Å². The fraction of sp³-hybridized carbons (Fsp3) is 0.208. The highest BCUT2D eigenvalue weighted by Gasteiger charge is 2.45. The molecule has 4 rings (SSSR count). The van der Waals surface area contributed by atoms with Crippen LogP contribution in [-0.4, -0.2) is 16.8 Å². The number of nitrogens with zero attached hydrogens (tertiary/aromatic N) is 1. The SMILES string of the molecule is Cl.Nc1cc(Oc2ccc(NC(=O)CC3(CC(=O)Nc4ccc(F)cc4)CC3)c(F)c2)ccn1. The molecule has 0 radical (unpaired) electrons. The first kappa shape index (κ1) is 24.9. The van der Waals surface area contributed by atoms with Crippen LogP contribution < -0.4 is 21.1 Å². The highest BCUT2D eigenvalue weighted by atomic mass is 35.5. The number of pyridine rings is 1. The lowest BCUT2D eigenvalue weighted by Gasteiger charge is -2.15. The fourth-order valence-electron chi connectivity index (χ4n) is 3.50. The van der Waals surface area contributed by atoms with Gasteiger partial charge in [-0.15, -0.1) is 12.4 Å². The summed E-state index contributed by atoms with van der Waals surface area (Å²) in [5, 5.41) is 5.27. The average Bonchev–Trinajstić information content (AvgIpc) is 3.50. The normalized spacial score (nSPS) is 13.4. The molecule has 1 saturated carbocycles. The summed E-state index contributed by atoms with van der Waals surface area (Å²) < 4.78 is 33.0. The van der Waals surface area contributed by atoms with Crippen LogP contribution in [0.4, 0.5) is 26.0 Å². The van der Waals surface area contributed by atoms with Crippen molar-refractivity contribution in [1.82, 2.24) is 4.98 Å². The third-order valence-corrected chi connectivity index (χ3v) is 5.36. The highest BCUT2D eigenvalue weighted by Crippen LogP contribution is 2.52. The summed E-state index contributed by atoms with van der Waals surface area (Å²) in [5.74, 6) is -0.746. The third-order valence-electron chi connectivity index (χ3n) is 5.36. The second-order valence-electron chi connectivity index (χ2n) is 8.12. The third kappa shape index (κ3) is 6.64. The standard InChI is InChI=1S/C24H22F2N4O3.ClH/c25-15-1-3-16(4-2-15)29-22(31)13-24(8-9-24)14-23(32)30-20-6-5-17(11-19(20)26)33-18-7-10-28-21(27)12-18;/h1-7,10-12H,8-9,13-14H2,(H2,27,28)(H,29,31)(H,30,32);1H. The van der Waals surface area contributed by atoms with Crippen LogP contribution in [-0.2, 0) is 9.59 Å². The van der Waals surface area contributed by atoms with Gasteiger partial charge in [0.15, 0.2) is 0 Å². The van der Waals surface area contributed by atoms with Crippen LogP contribution in [0.2, 0.25) is 0 Å². The molecular formula is C24H23ClF2N4O3. The molecule has 4 N–H and O–H groups in total. The molecule has 1 aliphatic rings. The number of amides is 2. The number of rotatable bonds is 8. The second-order valence-corrected chi connectivity index (χ2v) is 8.12. The minimum atomic E-state index is -0.651. The van der Waals surface area contributed by atoms with Gasteiger partial charge in [-0.3, -0.25) is 9.59 Å². The molecule has 34 heavy (non-hydrogen) atoms. The molecule has 2 aromatic carbocycles. The Balaban J connectivity index is 0.00000324. The van der Waals surface area contributed by atoms with Gasteiger partial charge in [-0.05, 0) is 60.7 Å². The molecule has 0 spiro atoms. The molecule has 0 bridgehead atoms. The fourth-order valence-corrected chi connectivity index (χ4v) is 3.50. The van der Waals surface area contributed by atoms with Gasteiger partial charge in [-0.25, -0.2) is 13.8 Å². The highest BCUT2D eigenvalue weighted by molar-refractivity contribution is 5.94. The van der Waals surface area contributed by atoms with E-state index in [1.54, 1.807) is 6.07 Å². The van der Waals surface area contributed by atoms with Crippen molar-refractivity contribution >= 4 is 41.4 Å². The van der Waals surface area contributed by atoms with Gasteiger partial charge in [-0.2, -0.15) is 0 Å². The van der Waals surface area contributed by atoms with Crippen molar-refractivity contribution in [2.75, 3.05) is 16.4 Å². The van der Waals surface area contributed by atoms with E-state index >= 15 is 0 Å². The van der Waals surface area contributed by atoms with E-state index in [-0.39, 0.29) is 54.3 Å². The first-order valence-electron chi connectivity index (χ1n) is 10.3. The largest absolute Gasteiger partial charge is 0.457 e. The number of ether oxygens (including phenoxy) is 1. The minimum Gasteiger partial charge on any atom is -0.457 e. The Morgan fingerprint density at radius 2 is 1.59 bits per heavy atom. The van der Waals surface area contributed by atoms with Crippen molar-refractivity contribution < 1.29 is 23.1 Å². The number of carbonyl (C=O) groups excluding carboxylic acids is 2. The molecule has 178 valence electrons.